The van der Waals surface area contributed by atoms with Gasteiger partial charge in [-0.15, -0.1) is 0 Å². The fraction of sp³-hybridized carbons (Fsp3) is 0.738. The van der Waals surface area contributed by atoms with Crippen LogP contribution in [-0.2, 0) is 28.6 Å². The number of carbonyl (C=O) groups is 3. The molecule has 0 rings (SSSR count). The monoisotopic (exact) mass is 989 g/mol. The molecule has 0 saturated heterocycles. The number of unbranched alkanes of at least 4 members (excludes halogenated alkanes) is 31. The van der Waals surface area contributed by atoms with Gasteiger partial charge >= 0.3 is 17.9 Å². The van der Waals surface area contributed by atoms with Gasteiger partial charge in [0.2, 0.25) is 0 Å². The number of carbonyl (C=O) groups excluding carboxylic acids is 3. The van der Waals surface area contributed by atoms with Crippen molar-refractivity contribution >= 4 is 17.9 Å². The van der Waals surface area contributed by atoms with Gasteiger partial charge in [-0.1, -0.05) is 279 Å². The molecule has 0 aromatic rings. The van der Waals surface area contributed by atoms with E-state index < -0.39 is 6.10 Å². The molecule has 0 bridgehead atoms. The standard InChI is InChI=1S/C65H112O6/c1-4-7-10-13-16-19-22-25-28-30-32-34-37-40-43-46-49-52-55-58-64(67)70-61-62(60-69-63(66)57-54-51-48-45-42-39-36-27-24-21-18-15-12-9-6-3)71-65(68)59-56-53-50-47-44-41-38-35-33-31-29-26-23-20-17-14-11-8-5-2/h7,9-10,12,15-16,18-19,21,24-25,28,32,34,62H,4-6,8,11,13-14,17,20,22-23,26-27,29-31,33,35-61H2,1-3H3/b10-7-,12-9-,18-15-,19-16-,24-21-,28-25-,34-32-. The molecule has 0 aromatic carbocycles. The van der Waals surface area contributed by atoms with Gasteiger partial charge in [0, 0.05) is 19.3 Å². The molecule has 0 N–H and O–H groups in total. The molecule has 0 saturated carbocycles. The van der Waals surface area contributed by atoms with Crippen molar-refractivity contribution in [2.75, 3.05) is 13.2 Å². The Morgan fingerprint density at radius 2 is 0.620 bits per heavy atom. The lowest BCUT2D eigenvalue weighted by atomic mass is 10.0. The van der Waals surface area contributed by atoms with Crippen molar-refractivity contribution in [2.24, 2.45) is 0 Å². The van der Waals surface area contributed by atoms with E-state index in [-0.39, 0.29) is 31.1 Å². The predicted molar refractivity (Wildman–Crippen MR) is 307 cm³/mol. The molecule has 6 nitrogen and oxygen atoms in total. The first-order valence-corrected chi connectivity index (χ1v) is 30.1. The fourth-order valence-electron chi connectivity index (χ4n) is 8.49. The minimum absolute atomic E-state index is 0.0857. The van der Waals surface area contributed by atoms with Crippen LogP contribution in [-0.4, -0.2) is 37.2 Å². The van der Waals surface area contributed by atoms with Crippen molar-refractivity contribution in [2.45, 2.75) is 297 Å². The molecule has 6 heteroatoms. The summed E-state index contributed by atoms with van der Waals surface area (Å²) in [5.41, 5.74) is 0. The van der Waals surface area contributed by atoms with E-state index >= 15 is 0 Å². The first-order valence-electron chi connectivity index (χ1n) is 30.1. The lowest BCUT2D eigenvalue weighted by Crippen LogP contribution is -2.30. The maximum atomic E-state index is 12.9. The van der Waals surface area contributed by atoms with Crippen LogP contribution in [0.5, 0.6) is 0 Å². The molecule has 0 spiro atoms. The highest BCUT2D eigenvalue weighted by molar-refractivity contribution is 5.71. The minimum atomic E-state index is -0.787. The Kier molecular flexibility index (Phi) is 56.3. The van der Waals surface area contributed by atoms with Gasteiger partial charge in [0.25, 0.3) is 0 Å². The van der Waals surface area contributed by atoms with E-state index in [4.69, 9.17) is 14.2 Å². The summed E-state index contributed by atoms with van der Waals surface area (Å²) in [4.78, 5) is 38.2. The molecular weight excluding hydrogens is 877 g/mol. The van der Waals surface area contributed by atoms with Gasteiger partial charge in [-0.25, -0.2) is 0 Å². The van der Waals surface area contributed by atoms with Crippen molar-refractivity contribution in [3.8, 4) is 0 Å². The molecule has 0 aromatic heterocycles. The highest BCUT2D eigenvalue weighted by Gasteiger charge is 2.19. The lowest BCUT2D eigenvalue weighted by Gasteiger charge is -2.18. The van der Waals surface area contributed by atoms with Crippen molar-refractivity contribution in [3.05, 3.63) is 85.1 Å². The molecule has 0 aliphatic carbocycles. The minimum Gasteiger partial charge on any atom is -0.462 e. The molecule has 0 fully saturated rings. The maximum Gasteiger partial charge on any atom is 0.306 e. The molecule has 1 atom stereocenters. The molecule has 1 unspecified atom stereocenters. The van der Waals surface area contributed by atoms with Gasteiger partial charge in [0.15, 0.2) is 6.10 Å². The van der Waals surface area contributed by atoms with Crippen molar-refractivity contribution in [1.29, 1.82) is 0 Å². The topological polar surface area (TPSA) is 78.9 Å². The van der Waals surface area contributed by atoms with Crippen LogP contribution in [0.4, 0.5) is 0 Å². The Bertz CT molecular complexity index is 1370. The van der Waals surface area contributed by atoms with E-state index in [2.05, 4.69) is 106 Å². The van der Waals surface area contributed by atoms with Crippen LogP contribution in [0.2, 0.25) is 0 Å². The van der Waals surface area contributed by atoms with Gasteiger partial charge in [-0.2, -0.15) is 0 Å². The molecular formula is C65H112O6. The van der Waals surface area contributed by atoms with Crippen LogP contribution in [0.3, 0.4) is 0 Å². The zero-order valence-electron chi connectivity index (χ0n) is 46.7. The first-order chi connectivity index (χ1) is 35.0. The summed E-state index contributed by atoms with van der Waals surface area (Å²) in [5, 5.41) is 0. The number of esters is 3. The van der Waals surface area contributed by atoms with E-state index in [1.165, 1.54) is 148 Å². The quantitative estimate of drug-likeness (QED) is 0.0199. The zero-order chi connectivity index (χ0) is 51.4. The normalized spacial score (nSPS) is 12.7. The second-order valence-electron chi connectivity index (χ2n) is 19.9. The summed E-state index contributed by atoms with van der Waals surface area (Å²) in [6.45, 7) is 6.41. The van der Waals surface area contributed by atoms with Crippen LogP contribution in [0.15, 0.2) is 85.1 Å². The summed E-state index contributed by atoms with van der Waals surface area (Å²) in [5.74, 6) is -0.899. The third-order valence-corrected chi connectivity index (χ3v) is 13.0. The zero-order valence-corrected chi connectivity index (χ0v) is 46.7. The van der Waals surface area contributed by atoms with Gasteiger partial charge in [0.05, 0.1) is 0 Å². The van der Waals surface area contributed by atoms with E-state index in [1.807, 2.05) is 0 Å². The summed E-state index contributed by atoms with van der Waals surface area (Å²) < 4.78 is 16.9. The molecule has 71 heavy (non-hydrogen) atoms. The summed E-state index contributed by atoms with van der Waals surface area (Å²) >= 11 is 0. The van der Waals surface area contributed by atoms with Crippen LogP contribution < -0.4 is 0 Å². The molecule has 408 valence electrons. The Labute approximate surface area is 439 Å². The van der Waals surface area contributed by atoms with Gasteiger partial charge < -0.3 is 14.2 Å². The highest BCUT2D eigenvalue weighted by atomic mass is 16.6. The van der Waals surface area contributed by atoms with Crippen LogP contribution in [0, 0.1) is 0 Å². The highest BCUT2D eigenvalue weighted by Crippen LogP contribution is 2.17. The van der Waals surface area contributed by atoms with E-state index in [9.17, 15) is 14.4 Å². The lowest BCUT2D eigenvalue weighted by molar-refractivity contribution is -0.167. The molecule has 0 aliphatic rings. The van der Waals surface area contributed by atoms with Crippen molar-refractivity contribution in [1.82, 2.24) is 0 Å². The van der Waals surface area contributed by atoms with Gasteiger partial charge in [-0.3, -0.25) is 14.4 Å². The molecule has 0 heterocycles. The van der Waals surface area contributed by atoms with Crippen molar-refractivity contribution in [3.63, 3.8) is 0 Å². The Morgan fingerprint density at radius 3 is 1.01 bits per heavy atom. The van der Waals surface area contributed by atoms with Gasteiger partial charge in [-0.05, 0) is 77.0 Å². The number of ether oxygens (including phenoxy) is 3. The van der Waals surface area contributed by atoms with Crippen molar-refractivity contribution < 1.29 is 28.6 Å². The van der Waals surface area contributed by atoms with Crippen LogP contribution in [0.1, 0.15) is 290 Å². The smallest absolute Gasteiger partial charge is 0.306 e. The van der Waals surface area contributed by atoms with Gasteiger partial charge in [0.1, 0.15) is 13.2 Å². The maximum absolute atomic E-state index is 12.9. The second kappa shape index (κ2) is 59.2. The Morgan fingerprint density at radius 1 is 0.310 bits per heavy atom. The number of hydrogen-bond acceptors (Lipinski definition) is 6. The average Bonchev–Trinajstić information content (AvgIpc) is 3.37. The third-order valence-electron chi connectivity index (χ3n) is 13.0. The second-order valence-corrected chi connectivity index (χ2v) is 19.9. The van der Waals surface area contributed by atoms with E-state index in [1.54, 1.807) is 0 Å². The third kappa shape index (κ3) is 57.4. The molecule has 0 aliphatic heterocycles. The van der Waals surface area contributed by atoms with E-state index in [0.717, 1.165) is 103 Å². The Balaban J connectivity index is 4.39. The van der Waals surface area contributed by atoms with E-state index in [0.29, 0.717) is 19.3 Å². The summed E-state index contributed by atoms with van der Waals surface area (Å²) in [6, 6.07) is 0. The SMILES string of the molecule is CC\C=C/C=C\C=C/CCCCCCCCCC(=O)OCC(COC(=O)CCCCCCCC/C=C\C/C=C\C/C=C\C/C=C\CC)OC(=O)CCCCCCCCCCCCCCCCCCCCC. The number of allylic oxidation sites excluding steroid dienone is 14. The number of rotatable bonds is 54. The van der Waals surface area contributed by atoms with Crippen LogP contribution in [0.25, 0.3) is 0 Å². The van der Waals surface area contributed by atoms with Crippen LogP contribution >= 0.6 is 0 Å². The molecule has 0 radical (unpaired) electrons. The molecule has 0 amide bonds. The average molecular weight is 990 g/mol. The fourth-order valence-corrected chi connectivity index (χ4v) is 8.49. The summed E-state index contributed by atoms with van der Waals surface area (Å²) in [6.07, 6.45) is 77.2. The predicted octanol–water partition coefficient (Wildman–Crippen LogP) is 20.3. The Hall–Kier alpha value is -3.41. The number of hydrogen-bond donors (Lipinski definition) is 0. The summed E-state index contributed by atoms with van der Waals surface area (Å²) in [7, 11) is 0. The first kappa shape index (κ1) is 67.6. The largest absolute Gasteiger partial charge is 0.462 e.